The van der Waals surface area contributed by atoms with Crippen molar-refractivity contribution in [2.24, 2.45) is 4.99 Å². The molecule has 0 atom stereocenters. The van der Waals surface area contributed by atoms with Gasteiger partial charge in [-0.2, -0.15) is 9.61 Å². The van der Waals surface area contributed by atoms with Crippen LogP contribution < -0.4 is 21.7 Å². The van der Waals surface area contributed by atoms with Crippen LogP contribution in [0.2, 0.25) is 5.02 Å². The number of nitrogens with zero attached hydrogens (tertiary/aromatic N) is 5. The zero-order valence-corrected chi connectivity index (χ0v) is 20.3. The van der Waals surface area contributed by atoms with Gasteiger partial charge in [-0.1, -0.05) is 17.7 Å². The van der Waals surface area contributed by atoms with E-state index in [-0.39, 0.29) is 17.6 Å². The predicted molar refractivity (Wildman–Crippen MR) is 135 cm³/mol. The highest BCUT2D eigenvalue weighted by Gasteiger charge is 2.20. The fourth-order valence-corrected chi connectivity index (χ4v) is 4.49. The summed E-state index contributed by atoms with van der Waals surface area (Å²) in [5.41, 5.74) is 1.76. The van der Waals surface area contributed by atoms with E-state index in [2.05, 4.69) is 39.1 Å². The second kappa shape index (κ2) is 9.55. The number of nitrogens with one attached hydrogen (secondary N) is 3. The Morgan fingerprint density at radius 1 is 1.26 bits per heavy atom. The van der Waals surface area contributed by atoms with Gasteiger partial charge in [0.2, 0.25) is 5.88 Å². The first-order valence-electron chi connectivity index (χ1n) is 11.6. The van der Waals surface area contributed by atoms with Crippen molar-refractivity contribution in [1.29, 1.82) is 0 Å². The van der Waals surface area contributed by atoms with Crippen LogP contribution in [0.5, 0.6) is 5.88 Å². The van der Waals surface area contributed by atoms with E-state index in [4.69, 9.17) is 21.6 Å². The van der Waals surface area contributed by atoms with Crippen LogP contribution >= 0.6 is 11.6 Å². The number of fused-ring (bicyclic) bond motifs is 1. The summed E-state index contributed by atoms with van der Waals surface area (Å²) < 4.78 is 1.69. The topological polar surface area (TPSA) is 127 Å². The molecule has 1 fully saturated rings. The Kier molecular flexibility index (Phi) is 6.31. The van der Waals surface area contributed by atoms with E-state index in [0.717, 1.165) is 31.6 Å². The van der Waals surface area contributed by atoms with Gasteiger partial charge in [0.05, 0.1) is 12.2 Å². The van der Waals surface area contributed by atoms with Crippen LogP contribution in [0.15, 0.2) is 46.3 Å². The lowest BCUT2D eigenvalue weighted by Crippen LogP contribution is -2.40. The largest absolute Gasteiger partial charge is 0.493 e. The van der Waals surface area contributed by atoms with E-state index in [1.165, 1.54) is 0 Å². The molecular weight excluding hydrogens is 468 g/mol. The summed E-state index contributed by atoms with van der Waals surface area (Å²) in [5, 5.41) is 19.0. The fourth-order valence-electron chi connectivity index (χ4n) is 4.30. The number of piperidine rings is 1. The Bertz CT molecular complexity index is 1530. The van der Waals surface area contributed by atoms with Gasteiger partial charge < -0.3 is 20.3 Å². The van der Waals surface area contributed by atoms with Crippen LogP contribution in [0.3, 0.4) is 0 Å². The maximum Gasteiger partial charge on any atom is 0.326 e. The van der Waals surface area contributed by atoms with E-state index < -0.39 is 5.69 Å². The maximum absolute atomic E-state index is 11.6. The van der Waals surface area contributed by atoms with Crippen molar-refractivity contribution in [2.75, 3.05) is 18.4 Å². The van der Waals surface area contributed by atoms with Crippen molar-refractivity contribution in [1.82, 2.24) is 29.5 Å². The lowest BCUT2D eigenvalue weighted by atomic mass is 10.0. The minimum absolute atomic E-state index is 0.177. The van der Waals surface area contributed by atoms with Crippen molar-refractivity contribution in [2.45, 2.75) is 38.8 Å². The molecule has 10 nitrogen and oxygen atoms in total. The van der Waals surface area contributed by atoms with Crippen LogP contribution in [0.1, 0.15) is 32.4 Å². The molecule has 0 unspecified atom stereocenters. The Hall–Kier alpha value is -3.63. The van der Waals surface area contributed by atoms with E-state index in [9.17, 15) is 9.90 Å². The van der Waals surface area contributed by atoms with Gasteiger partial charge in [-0.05, 0) is 51.0 Å². The fraction of sp³-hybridized carbons (Fsp3) is 0.333. The lowest BCUT2D eigenvalue weighted by Gasteiger charge is -2.32. The number of halogens is 1. The number of hydrogen-bond donors (Lipinski definition) is 4. The number of anilines is 2. The van der Waals surface area contributed by atoms with Gasteiger partial charge in [-0.25, -0.2) is 9.78 Å². The van der Waals surface area contributed by atoms with Crippen LogP contribution in [-0.4, -0.2) is 59.7 Å². The van der Waals surface area contributed by atoms with E-state index in [0.29, 0.717) is 33.2 Å². The zero-order chi connectivity index (χ0) is 24.5. The highest BCUT2D eigenvalue weighted by molar-refractivity contribution is 6.30. The number of H-pyrrole nitrogens is 2. The third kappa shape index (κ3) is 5.08. The highest BCUT2D eigenvalue weighted by Crippen LogP contribution is 2.19. The molecule has 0 saturated carbocycles. The van der Waals surface area contributed by atoms with Gasteiger partial charge in [0, 0.05) is 41.1 Å². The molecule has 4 heterocycles. The molecule has 4 aromatic rings. The van der Waals surface area contributed by atoms with Gasteiger partial charge in [-0.15, -0.1) is 0 Å². The number of aromatic hydroxyl groups is 1. The number of hydrogen-bond acceptors (Lipinski definition) is 7. The molecule has 0 amide bonds. The summed E-state index contributed by atoms with van der Waals surface area (Å²) in [6.07, 6.45) is 5.20. The zero-order valence-electron chi connectivity index (χ0n) is 19.5. The van der Waals surface area contributed by atoms with Crippen LogP contribution in [0.4, 0.5) is 11.5 Å². The number of benzene rings is 1. The monoisotopic (exact) mass is 494 g/mol. The van der Waals surface area contributed by atoms with Gasteiger partial charge in [0.25, 0.3) is 0 Å². The number of aromatic nitrogens is 5. The lowest BCUT2D eigenvalue weighted by molar-refractivity contribution is 0.172. The normalized spacial score (nSPS) is 16.6. The van der Waals surface area contributed by atoms with Crippen LogP contribution in [0.25, 0.3) is 11.7 Å². The van der Waals surface area contributed by atoms with E-state index in [1.54, 1.807) is 16.8 Å². The smallest absolute Gasteiger partial charge is 0.326 e. The minimum atomic E-state index is -0.495. The number of imidazole rings is 1. The Labute approximate surface area is 206 Å². The molecule has 11 heteroatoms. The number of aromatic amines is 2. The maximum atomic E-state index is 11.6. The highest BCUT2D eigenvalue weighted by atomic mass is 35.5. The summed E-state index contributed by atoms with van der Waals surface area (Å²) in [7, 11) is 0. The SMILES string of the molecule is CC(C)N1CCC(N=c2cc(Nc3cccc(Cl)c3)nc3c(=Cc4[nH]c(=O)[nH]c4O)cnn23)CC1. The molecule has 182 valence electrons. The van der Waals surface area contributed by atoms with E-state index in [1.807, 2.05) is 30.3 Å². The second-order valence-electron chi connectivity index (χ2n) is 8.95. The molecule has 0 aliphatic carbocycles. The molecule has 0 spiro atoms. The number of likely N-dealkylation sites (tertiary alicyclic amines) is 1. The first kappa shape index (κ1) is 23.1. The molecule has 1 aliphatic rings. The molecule has 1 aliphatic heterocycles. The van der Waals surface area contributed by atoms with Crippen molar-refractivity contribution >= 4 is 34.8 Å². The van der Waals surface area contributed by atoms with Crippen molar-refractivity contribution in [3.63, 3.8) is 0 Å². The quantitative estimate of drug-likeness (QED) is 0.337. The summed E-state index contributed by atoms with van der Waals surface area (Å²) in [4.78, 5) is 28.7. The van der Waals surface area contributed by atoms with Crippen molar-refractivity contribution in [3.8, 4) is 5.88 Å². The first-order chi connectivity index (χ1) is 16.9. The van der Waals surface area contributed by atoms with Crippen LogP contribution in [-0.2, 0) is 0 Å². The first-order valence-corrected chi connectivity index (χ1v) is 12.0. The molecule has 0 bridgehead atoms. The third-order valence-corrected chi connectivity index (χ3v) is 6.39. The van der Waals surface area contributed by atoms with Gasteiger partial charge in [-0.3, -0.25) is 9.98 Å². The molecule has 1 saturated heterocycles. The molecule has 5 rings (SSSR count). The van der Waals surface area contributed by atoms with Gasteiger partial charge >= 0.3 is 5.69 Å². The molecular formula is C24H27ClN8O2. The summed E-state index contributed by atoms with van der Waals surface area (Å²) in [5.74, 6) is 0.337. The average molecular weight is 495 g/mol. The van der Waals surface area contributed by atoms with Crippen LogP contribution in [0, 0.1) is 0 Å². The Morgan fingerprint density at radius 3 is 2.74 bits per heavy atom. The standard InChI is InChI=1S/C24H27ClN8O2/c1-14(2)32-8-6-17(7-9-32)28-21-12-20(27-18-5-3-4-16(25)11-18)30-22-15(13-26-33(21)22)10-19-23(34)31-24(35)29-19/h3-5,10-14,17,27,34H,6-9H2,1-2H3,(H2,29,31,35). The average Bonchev–Trinajstić information content (AvgIpc) is 3.36. The van der Waals surface area contributed by atoms with Crippen molar-refractivity contribution in [3.05, 3.63) is 68.4 Å². The van der Waals surface area contributed by atoms with Gasteiger partial charge in [0.1, 0.15) is 11.5 Å². The summed E-state index contributed by atoms with van der Waals surface area (Å²) >= 11 is 6.16. The third-order valence-electron chi connectivity index (χ3n) is 6.16. The molecule has 4 N–H and O–H groups in total. The molecule has 0 radical (unpaired) electrons. The summed E-state index contributed by atoms with van der Waals surface area (Å²) in [6, 6.07) is 9.96. The van der Waals surface area contributed by atoms with Crippen molar-refractivity contribution < 1.29 is 5.11 Å². The second-order valence-corrected chi connectivity index (χ2v) is 9.38. The Morgan fingerprint density at radius 2 is 2.06 bits per heavy atom. The Balaban J connectivity index is 1.60. The van der Waals surface area contributed by atoms with Gasteiger partial charge in [0.15, 0.2) is 11.1 Å². The predicted octanol–water partition coefficient (Wildman–Crippen LogP) is 2.17. The molecule has 35 heavy (non-hydrogen) atoms. The number of rotatable bonds is 5. The summed E-state index contributed by atoms with van der Waals surface area (Å²) in [6.45, 7) is 6.45. The minimum Gasteiger partial charge on any atom is -0.493 e. The molecule has 1 aromatic carbocycles. The molecule has 3 aromatic heterocycles. The van der Waals surface area contributed by atoms with E-state index >= 15 is 0 Å².